The monoisotopic (exact) mass is 383 g/mol. The second-order valence-electron chi connectivity index (χ2n) is 6.28. The maximum Gasteiger partial charge on any atom is 0.0747 e. The van der Waals surface area contributed by atoms with Gasteiger partial charge in [-0.25, -0.2) is 4.99 Å². The number of rotatable bonds is 8. The number of anilines is 1. The van der Waals surface area contributed by atoms with E-state index in [-0.39, 0.29) is 6.61 Å². The Labute approximate surface area is 169 Å². The molecule has 0 amide bonds. The van der Waals surface area contributed by atoms with Crippen LogP contribution in [0.15, 0.2) is 70.8 Å². The van der Waals surface area contributed by atoms with Crippen LogP contribution in [0.2, 0.25) is 0 Å². The van der Waals surface area contributed by atoms with Gasteiger partial charge in [0, 0.05) is 50.2 Å². The van der Waals surface area contributed by atoms with Gasteiger partial charge in [-0.15, -0.1) is 0 Å². The summed E-state index contributed by atoms with van der Waals surface area (Å²) < 4.78 is 0. The first kappa shape index (κ1) is 23.5. The van der Waals surface area contributed by atoms with E-state index in [0.717, 1.165) is 55.3 Å². The number of aliphatic imine (C=N–C) groups is 2. The predicted molar refractivity (Wildman–Crippen MR) is 122 cm³/mol. The van der Waals surface area contributed by atoms with Crippen LogP contribution in [0.1, 0.15) is 6.92 Å². The molecule has 1 saturated heterocycles. The average molecular weight is 384 g/mol. The summed E-state index contributed by atoms with van der Waals surface area (Å²) in [7, 11) is 1.50. The lowest BCUT2D eigenvalue weighted by molar-refractivity contribution is 0.189. The largest absolute Gasteiger partial charge is 0.395 e. The number of hydrogen-bond donors (Lipinski definition) is 2. The van der Waals surface area contributed by atoms with E-state index >= 15 is 0 Å². The van der Waals surface area contributed by atoms with Crippen LogP contribution in [0.5, 0.6) is 0 Å². The number of piperazine rings is 1. The van der Waals surface area contributed by atoms with E-state index in [2.05, 4.69) is 52.5 Å². The topological polar surface area (TPSA) is 77.5 Å². The van der Waals surface area contributed by atoms with Crippen molar-refractivity contribution in [2.75, 3.05) is 51.3 Å². The number of aliphatic hydroxyl groups excluding tert-OH is 1. The average Bonchev–Trinajstić information content (AvgIpc) is 2.73. The zero-order valence-electron chi connectivity index (χ0n) is 17.1. The van der Waals surface area contributed by atoms with Crippen LogP contribution >= 0.6 is 0 Å². The molecule has 1 fully saturated rings. The Morgan fingerprint density at radius 3 is 2.25 bits per heavy atom. The fourth-order valence-corrected chi connectivity index (χ4v) is 2.95. The Morgan fingerprint density at radius 1 is 1.18 bits per heavy atom. The van der Waals surface area contributed by atoms with E-state index < -0.39 is 0 Å². The van der Waals surface area contributed by atoms with E-state index in [1.165, 1.54) is 12.7 Å². The van der Waals surface area contributed by atoms with Gasteiger partial charge in [0.25, 0.3) is 0 Å². The van der Waals surface area contributed by atoms with Gasteiger partial charge in [-0.3, -0.25) is 9.89 Å². The molecule has 0 unspecified atom stereocenters. The molecule has 6 nitrogen and oxygen atoms in total. The van der Waals surface area contributed by atoms with Crippen LogP contribution in [0.3, 0.4) is 0 Å². The van der Waals surface area contributed by atoms with Crippen molar-refractivity contribution in [3.63, 3.8) is 0 Å². The van der Waals surface area contributed by atoms with E-state index in [9.17, 15) is 0 Å². The highest BCUT2D eigenvalue weighted by atomic mass is 16.3. The number of nitrogens with zero attached hydrogens (tertiary/aromatic N) is 4. The summed E-state index contributed by atoms with van der Waals surface area (Å²) in [5, 5.41) is 9.04. The molecular formula is C22H33N5O. The van der Waals surface area contributed by atoms with E-state index in [1.807, 2.05) is 19.1 Å². The van der Waals surface area contributed by atoms with Gasteiger partial charge in [-0.05, 0) is 50.5 Å². The maximum atomic E-state index is 9.04. The first-order valence-corrected chi connectivity index (χ1v) is 9.38. The van der Waals surface area contributed by atoms with Gasteiger partial charge >= 0.3 is 0 Å². The quantitative estimate of drug-likeness (QED) is 0.534. The predicted octanol–water partition coefficient (Wildman–Crippen LogP) is 2.79. The van der Waals surface area contributed by atoms with Crippen LogP contribution in [-0.4, -0.2) is 68.8 Å². The summed E-state index contributed by atoms with van der Waals surface area (Å²) in [5.74, 6) is 0. The fourth-order valence-electron chi connectivity index (χ4n) is 2.95. The van der Waals surface area contributed by atoms with Crippen LogP contribution in [-0.2, 0) is 0 Å². The summed E-state index contributed by atoms with van der Waals surface area (Å²) in [6.45, 7) is 18.1. The van der Waals surface area contributed by atoms with Crippen molar-refractivity contribution in [3.8, 4) is 0 Å². The smallest absolute Gasteiger partial charge is 0.0747 e. The van der Waals surface area contributed by atoms with Crippen LogP contribution < -0.4 is 10.6 Å². The molecule has 152 valence electrons. The number of β-amino-alcohol motifs (C(OH)–C–C–N with tert-alkyl or cyclic N) is 1. The Balaban J connectivity index is 0.00000190. The molecule has 0 bridgehead atoms. The molecule has 0 radical (unpaired) electrons. The summed E-state index contributed by atoms with van der Waals surface area (Å²) in [5.41, 5.74) is 8.97. The second-order valence-corrected chi connectivity index (χ2v) is 6.28. The minimum absolute atomic E-state index is 0.222. The van der Waals surface area contributed by atoms with Gasteiger partial charge < -0.3 is 15.7 Å². The number of benzene rings is 1. The first-order valence-electron chi connectivity index (χ1n) is 9.38. The SMILES string of the molecule is C=C/C(=C/N=C)C(=Nc1ccc(N2CCN(CCO)CC2)cc1)C(=C)C.CN. The summed E-state index contributed by atoms with van der Waals surface area (Å²) in [6, 6.07) is 8.22. The summed E-state index contributed by atoms with van der Waals surface area (Å²) >= 11 is 0. The van der Waals surface area contributed by atoms with Crippen molar-refractivity contribution in [2.45, 2.75) is 6.92 Å². The molecule has 2 rings (SSSR count). The van der Waals surface area contributed by atoms with Crippen molar-refractivity contribution < 1.29 is 5.11 Å². The molecule has 1 aromatic rings. The van der Waals surface area contributed by atoms with E-state index in [1.54, 1.807) is 12.3 Å². The highest BCUT2D eigenvalue weighted by Crippen LogP contribution is 2.23. The van der Waals surface area contributed by atoms with Crippen molar-refractivity contribution in [2.24, 2.45) is 15.7 Å². The summed E-state index contributed by atoms with van der Waals surface area (Å²) in [6.07, 6.45) is 3.35. The highest BCUT2D eigenvalue weighted by molar-refractivity contribution is 6.14. The van der Waals surface area contributed by atoms with Crippen molar-refractivity contribution in [1.29, 1.82) is 0 Å². The summed E-state index contributed by atoms with van der Waals surface area (Å²) in [4.78, 5) is 13.2. The molecule has 0 aliphatic carbocycles. The Bertz CT molecular complexity index is 698. The van der Waals surface area contributed by atoms with Gasteiger partial charge in [-0.1, -0.05) is 19.2 Å². The third-order valence-corrected chi connectivity index (χ3v) is 4.37. The molecule has 3 N–H and O–H groups in total. The lowest BCUT2D eigenvalue weighted by atomic mass is 10.1. The minimum Gasteiger partial charge on any atom is -0.395 e. The van der Waals surface area contributed by atoms with E-state index in [4.69, 9.17) is 10.1 Å². The second kappa shape index (κ2) is 12.8. The Kier molecular flexibility index (Phi) is 10.7. The van der Waals surface area contributed by atoms with Gasteiger partial charge in [0.2, 0.25) is 0 Å². The number of aliphatic hydroxyl groups is 1. The normalized spacial score (nSPS) is 15.5. The van der Waals surface area contributed by atoms with Gasteiger partial charge in [0.05, 0.1) is 18.0 Å². The van der Waals surface area contributed by atoms with Crippen LogP contribution in [0.4, 0.5) is 11.4 Å². The van der Waals surface area contributed by atoms with Crippen molar-refractivity contribution in [3.05, 3.63) is 60.8 Å². The molecule has 0 atom stereocenters. The molecule has 28 heavy (non-hydrogen) atoms. The van der Waals surface area contributed by atoms with Gasteiger partial charge in [-0.2, -0.15) is 0 Å². The van der Waals surface area contributed by atoms with Crippen LogP contribution in [0, 0.1) is 0 Å². The highest BCUT2D eigenvalue weighted by Gasteiger charge is 2.16. The van der Waals surface area contributed by atoms with Gasteiger partial charge in [0.15, 0.2) is 0 Å². The zero-order chi connectivity index (χ0) is 20.9. The molecule has 6 heteroatoms. The van der Waals surface area contributed by atoms with E-state index in [0.29, 0.717) is 0 Å². The number of allylic oxidation sites excluding steroid dienone is 3. The molecule has 0 saturated carbocycles. The molecular weight excluding hydrogens is 350 g/mol. The first-order chi connectivity index (χ1) is 13.6. The number of hydrogen-bond acceptors (Lipinski definition) is 6. The molecule has 1 aliphatic rings. The number of nitrogens with two attached hydrogens (primary N) is 1. The van der Waals surface area contributed by atoms with Crippen molar-refractivity contribution in [1.82, 2.24) is 4.90 Å². The lowest BCUT2D eigenvalue weighted by Crippen LogP contribution is -2.47. The standard InChI is InChI=1S/C21H28N4O.CH5N/c1-5-18(16-22-4)21(17(2)3)23-19-6-8-20(9-7-19)25-12-10-24(11-13-25)14-15-26;1-2/h5-9,16,26H,1-2,4,10-15H2,3H3;2H2,1H3/b18-16-,23-21?;. The fraction of sp³-hybridized carbons (Fsp3) is 0.364. The van der Waals surface area contributed by atoms with Crippen LogP contribution in [0.25, 0.3) is 0 Å². The lowest BCUT2D eigenvalue weighted by Gasteiger charge is -2.35. The molecule has 1 heterocycles. The third kappa shape index (κ3) is 6.88. The Hall–Kier alpha value is -2.54. The van der Waals surface area contributed by atoms with Crippen molar-refractivity contribution >= 4 is 23.8 Å². The zero-order valence-corrected chi connectivity index (χ0v) is 17.1. The van der Waals surface area contributed by atoms with Gasteiger partial charge in [0.1, 0.15) is 0 Å². The molecule has 0 aromatic heterocycles. The molecule has 0 spiro atoms. The minimum atomic E-state index is 0.222. The molecule has 1 aromatic carbocycles. The third-order valence-electron chi connectivity index (χ3n) is 4.37. The maximum absolute atomic E-state index is 9.04. The molecule has 1 aliphatic heterocycles. The Morgan fingerprint density at radius 2 is 1.79 bits per heavy atom.